The molecule has 17 heavy (non-hydrogen) atoms. The van der Waals surface area contributed by atoms with Gasteiger partial charge in [-0.3, -0.25) is 10.0 Å². The molecule has 4 nitrogen and oxygen atoms in total. The third-order valence-electron chi connectivity index (χ3n) is 2.44. The largest absolute Gasteiger partial charge is 0.493 e. The summed E-state index contributed by atoms with van der Waals surface area (Å²) in [4.78, 5) is 10.8. The molecule has 2 rings (SSSR count). The van der Waals surface area contributed by atoms with Crippen LogP contribution < -0.4 is 10.2 Å². The third kappa shape index (κ3) is 2.95. The monoisotopic (exact) mass is 231 g/mol. The minimum Gasteiger partial charge on any atom is -0.493 e. The Morgan fingerprint density at radius 2 is 1.94 bits per heavy atom. The van der Waals surface area contributed by atoms with Gasteiger partial charge < -0.3 is 4.74 Å². The first kappa shape index (κ1) is 11.4. The summed E-state index contributed by atoms with van der Waals surface area (Å²) in [5.74, 6) is 0.264. The topological polar surface area (TPSA) is 58.6 Å². The maximum absolute atomic E-state index is 10.8. The average Bonchev–Trinajstić information content (AvgIpc) is 2.38. The molecule has 0 unspecified atom stereocenters. The lowest BCUT2D eigenvalue weighted by atomic mass is 10.1. The van der Waals surface area contributed by atoms with Gasteiger partial charge in [0.1, 0.15) is 5.75 Å². The average molecular weight is 231 g/mol. The highest BCUT2D eigenvalue weighted by Gasteiger charge is 2.00. The van der Waals surface area contributed by atoms with E-state index in [0.717, 1.165) is 16.5 Å². The zero-order chi connectivity index (χ0) is 12.1. The predicted molar refractivity (Wildman–Crippen MR) is 64.0 cm³/mol. The number of hydrogen-bond donors (Lipinski definition) is 2. The Bertz CT molecular complexity index is 525. The molecule has 0 atom stereocenters. The number of fused-ring (bicyclic) bond motifs is 1. The van der Waals surface area contributed by atoms with Crippen LogP contribution in [-0.4, -0.2) is 17.7 Å². The molecule has 0 aliphatic rings. The van der Waals surface area contributed by atoms with Gasteiger partial charge in [0, 0.05) is 0 Å². The second-order valence-corrected chi connectivity index (χ2v) is 3.64. The summed E-state index contributed by atoms with van der Waals surface area (Å²) in [6, 6.07) is 13.7. The van der Waals surface area contributed by atoms with Crippen LogP contribution in [-0.2, 0) is 4.79 Å². The molecule has 0 bridgehead atoms. The van der Waals surface area contributed by atoms with Crippen LogP contribution in [0.1, 0.15) is 6.42 Å². The van der Waals surface area contributed by atoms with Gasteiger partial charge in [0.2, 0.25) is 5.91 Å². The first-order valence-corrected chi connectivity index (χ1v) is 5.34. The van der Waals surface area contributed by atoms with E-state index in [4.69, 9.17) is 9.94 Å². The Labute approximate surface area is 98.8 Å². The van der Waals surface area contributed by atoms with Crippen LogP contribution in [0.4, 0.5) is 0 Å². The van der Waals surface area contributed by atoms with E-state index in [-0.39, 0.29) is 13.0 Å². The predicted octanol–water partition coefficient (Wildman–Crippen LogP) is 2.11. The fraction of sp³-hybridized carbons (Fsp3) is 0.154. The molecular formula is C13H13NO3. The summed E-state index contributed by atoms with van der Waals surface area (Å²) in [5.41, 5.74) is 1.56. The number of amides is 1. The van der Waals surface area contributed by atoms with Crippen molar-refractivity contribution in [1.29, 1.82) is 0 Å². The number of carbonyl (C=O) groups excluding carboxylic acids is 1. The van der Waals surface area contributed by atoms with Gasteiger partial charge in [-0.05, 0) is 22.9 Å². The highest BCUT2D eigenvalue weighted by molar-refractivity contribution is 5.83. The van der Waals surface area contributed by atoms with Gasteiger partial charge in [-0.2, -0.15) is 0 Å². The molecule has 88 valence electrons. The van der Waals surface area contributed by atoms with Crippen LogP contribution >= 0.6 is 0 Å². The Hall–Kier alpha value is -2.07. The van der Waals surface area contributed by atoms with Crippen LogP contribution in [0.3, 0.4) is 0 Å². The second-order valence-electron chi connectivity index (χ2n) is 3.64. The molecule has 4 heteroatoms. The number of hydroxylamine groups is 1. The number of benzene rings is 2. The molecule has 0 aliphatic carbocycles. The number of ether oxygens (including phenoxy) is 1. The summed E-state index contributed by atoms with van der Waals surface area (Å²) in [6.45, 7) is 0.241. The minimum absolute atomic E-state index is 0.128. The molecule has 2 N–H and O–H groups in total. The van der Waals surface area contributed by atoms with Crippen molar-refractivity contribution in [2.45, 2.75) is 6.42 Å². The van der Waals surface area contributed by atoms with Crippen LogP contribution in [0, 0.1) is 0 Å². The summed E-state index contributed by atoms with van der Waals surface area (Å²) in [6.07, 6.45) is 0.128. The van der Waals surface area contributed by atoms with Crippen molar-refractivity contribution in [2.24, 2.45) is 0 Å². The summed E-state index contributed by atoms with van der Waals surface area (Å²) >= 11 is 0. The number of rotatable bonds is 4. The fourth-order valence-corrected chi connectivity index (χ4v) is 1.57. The molecule has 0 saturated carbocycles. The van der Waals surface area contributed by atoms with E-state index in [2.05, 4.69) is 0 Å². The van der Waals surface area contributed by atoms with Gasteiger partial charge >= 0.3 is 0 Å². The first-order valence-electron chi connectivity index (χ1n) is 5.34. The van der Waals surface area contributed by atoms with Crippen molar-refractivity contribution in [1.82, 2.24) is 5.48 Å². The van der Waals surface area contributed by atoms with E-state index < -0.39 is 5.91 Å². The van der Waals surface area contributed by atoms with Crippen molar-refractivity contribution in [3.63, 3.8) is 0 Å². The Kier molecular flexibility index (Phi) is 3.57. The molecule has 0 saturated heterocycles. The maximum Gasteiger partial charge on any atom is 0.246 e. The molecule has 0 aromatic heterocycles. The molecule has 0 fully saturated rings. The van der Waals surface area contributed by atoms with E-state index in [0.29, 0.717) is 0 Å². The maximum atomic E-state index is 10.8. The summed E-state index contributed by atoms with van der Waals surface area (Å²) < 4.78 is 5.41. The van der Waals surface area contributed by atoms with Gasteiger partial charge in [0.25, 0.3) is 0 Å². The number of nitrogens with one attached hydrogen (secondary N) is 1. The molecule has 2 aromatic carbocycles. The van der Waals surface area contributed by atoms with Crippen LogP contribution in [0.5, 0.6) is 5.75 Å². The van der Waals surface area contributed by atoms with E-state index in [1.54, 1.807) is 5.48 Å². The number of hydrogen-bond acceptors (Lipinski definition) is 3. The molecule has 1 amide bonds. The summed E-state index contributed by atoms with van der Waals surface area (Å²) in [5, 5.41) is 10.6. The summed E-state index contributed by atoms with van der Waals surface area (Å²) in [7, 11) is 0. The van der Waals surface area contributed by atoms with E-state index in [9.17, 15) is 4.79 Å². The Morgan fingerprint density at radius 3 is 2.71 bits per heavy atom. The highest BCUT2D eigenvalue weighted by Crippen LogP contribution is 2.20. The lowest BCUT2D eigenvalue weighted by Crippen LogP contribution is -2.20. The molecular weight excluding hydrogens is 218 g/mol. The van der Waals surface area contributed by atoms with Gasteiger partial charge in [-0.1, -0.05) is 30.3 Å². The minimum atomic E-state index is -0.453. The lowest BCUT2D eigenvalue weighted by molar-refractivity contribution is -0.129. The standard InChI is InChI=1S/C13H13NO3/c15-13(14-16)7-8-17-12-6-5-10-3-1-2-4-11(10)9-12/h1-6,9,16H,7-8H2,(H,14,15). The van der Waals surface area contributed by atoms with Gasteiger partial charge in [-0.15, -0.1) is 0 Å². The van der Waals surface area contributed by atoms with Crippen molar-refractivity contribution >= 4 is 16.7 Å². The van der Waals surface area contributed by atoms with Gasteiger partial charge in [0.15, 0.2) is 0 Å². The molecule has 2 aromatic rings. The van der Waals surface area contributed by atoms with Crippen molar-refractivity contribution in [3.8, 4) is 5.75 Å². The van der Waals surface area contributed by atoms with Crippen LogP contribution in [0.15, 0.2) is 42.5 Å². The number of carbonyl (C=O) groups is 1. The van der Waals surface area contributed by atoms with E-state index >= 15 is 0 Å². The molecule has 0 aliphatic heterocycles. The normalized spacial score (nSPS) is 10.2. The zero-order valence-electron chi connectivity index (χ0n) is 9.22. The Morgan fingerprint density at radius 1 is 1.18 bits per heavy atom. The van der Waals surface area contributed by atoms with Gasteiger partial charge in [0.05, 0.1) is 13.0 Å². The quantitative estimate of drug-likeness (QED) is 0.626. The highest BCUT2D eigenvalue weighted by atomic mass is 16.5. The van der Waals surface area contributed by atoms with E-state index in [1.807, 2.05) is 42.5 Å². The fourth-order valence-electron chi connectivity index (χ4n) is 1.57. The lowest BCUT2D eigenvalue weighted by Gasteiger charge is -2.06. The molecule has 0 radical (unpaired) electrons. The Balaban J connectivity index is 2.02. The van der Waals surface area contributed by atoms with Crippen LogP contribution in [0.25, 0.3) is 10.8 Å². The van der Waals surface area contributed by atoms with Crippen molar-refractivity contribution < 1.29 is 14.7 Å². The van der Waals surface area contributed by atoms with Crippen LogP contribution in [0.2, 0.25) is 0 Å². The van der Waals surface area contributed by atoms with Gasteiger partial charge in [-0.25, -0.2) is 5.48 Å². The van der Waals surface area contributed by atoms with Crippen molar-refractivity contribution in [2.75, 3.05) is 6.61 Å². The third-order valence-corrected chi connectivity index (χ3v) is 2.44. The zero-order valence-corrected chi connectivity index (χ0v) is 9.22. The van der Waals surface area contributed by atoms with Crippen molar-refractivity contribution in [3.05, 3.63) is 42.5 Å². The van der Waals surface area contributed by atoms with E-state index in [1.165, 1.54) is 0 Å². The first-order chi connectivity index (χ1) is 8.29. The second kappa shape index (κ2) is 5.32. The smallest absolute Gasteiger partial charge is 0.246 e. The molecule has 0 spiro atoms. The molecule has 0 heterocycles. The SMILES string of the molecule is O=C(CCOc1ccc2ccccc2c1)NO.